The van der Waals surface area contributed by atoms with Gasteiger partial charge in [0.1, 0.15) is 12.8 Å². The summed E-state index contributed by atoms with van der Waals surface area (Å²) in [4.78, 5) is 22.8. The molecule has 2 unspecified atom stereocenters. The lowest BCUT2D eigenvalue weighted by Gasteiger charge is -2.13. The van der Waals surface area contributed by atoms with E-state index in [1.165, 1.54) is 0 Å². The van der Waals surface area contributed by atoms with Gasteiger partial charge in [0.05, 0.1) is 11.2 Å². The van der Waals surface area contributed by atoms with Gasteiger partial charge in [-0.3, -0.25) is 9.48 Å². The average Bonchev–Trinajstić information content (AvgIpc) is 3.06. The molecule has 1 N–H and O–H groups in total. The van der Waals surface area contributed by atoms with E-state index >= 15 is 0 Å². The van der Waals surface area contributed by atoms with Crippen molar-refractivity contribution in [2.24, 2.45) is 5.92 Å². The van der Waals surface area contributed by atoms with Gasteiger partial charge in [0.25, 0.3) is 0 Å². The van der Waals surface area contributed by atoms with E-state index in [1.54, 1.807) is 4.68 Å². The van der Waals surface area contributed by atoms with Gasteiger partial charge < -0.3 is 10.1 Å². The van der Waals surface area contributed by atoms with Gasteiger partial charge in [-0.1, -0.05) is 18.2 Å². The standard InChI is InChI=1S/C17H21N3O2/c1-12-15-4-2-3-5-16(15)20(19-12)11-17(22)18-14-7-6-13(10-14)8-9-21/h2-5,9,13-14H,6-8,10-11H2,1H3,(H,18,22). The van der Waals surface area contributed by atoms with Crippen LogP contribution in [0.3, 0.4) is 0 Å². The van der Waals surface area contributed by atoms with Gasteiger partial charge in [-0.2, -0.15) is 5.10 Å². The van der Waals surface area contributed by atoms with Gasteiger partial charge >= 0.3 is 0 Å². The Kier molecular flexibility index (Phi) is 4.22. The van der Waals surface area contributed by atoms with Crippen molar-refractivity contribution >= 4 is 23.1 Å². The molecule has 3 rings (SSSR count). The number of aromatic nitrogens is 2. The van der Waals surface area contributed by atoms with Crippen LogP contribution in [0.15, 0.2) is 24.3 Å². The number of aryl methyl sites for hydroxylation is 1. The van der Waals surface area contributed by atoms with E-state index in [1.807, 2.05) is 31.2 Å². The van der Waals surface area contributed by atoms with Crippen LogP contribution in [0.4, 0.5) is 0 Å². The molecule has 0 spiro atoms. The maximum absolute atomic E-state index is 12.2. The molecular weight excluding hydrogens is 278 g/mol. The van der Waals surface area contributed by atoms with Crippen LogP contribution in [0, 0.1) is 12.8 Å². The van der Waals surface area contributed by atoms with E-state index in [4.69, 9.17) is 0 Å². The first kappa shape index (κ1) is 14.8. The van der Waals surface area contributed by atoms with Crippen LogP contribution in [0.5, 0.6) is 0 Å². The van der Waals surface area contributed by atoms with E-state index in [0.29, 0.717) is 12.3 Å². The van der Waals surface area contributed by atoms with E-state index < -0.39 is 0 Å². The van der Waals surface area contributed by atoms with Gasteiger partial charge in [-0.05, 0) is 38.2 Å². The Morgan fingerprint density at radius 3 is 3.05 bits per heavy atom. The highest BCUT2D eigenvalue weighted by Crippen LogP contribution is 2.27. The molecule has 1 aromatic heterocycles. The maximum Gasteiger partial charge on any atom is 0.241 e. The largest absolute Gasteiger partial charge is 0.352 e. The Bertz CT molecular complexity index is 692. The minimum Gasteiger partial charge on any atom is -0.352 e. The Morgan fingerprint density at radius 2 is 2.23 bits per heavy atom. The lowest BCUT2D eigenvalue weighted by Crippen LogP contribution is -2.35. The summed E-state index contributed by atoms with van der Waals surface area (Å²) in [6.07, 6.45) is 4.48. The topological polar surface area (TPSA) is 64.0 Å². The first-order valence-corrected chi connectivity index (χ1v) is 7.82. The van der Waals surface area contributed by atoms with Crippen molar-refractivity contribution < 1.29 is 9.59 Å². The van der Waals surface area contributed by atoms with Gasteiger partial charge in [-0.25, -0.2) is 0 Å². The first-order chi connectivity index (χ1) is 10.7. The molecule has 2 atom stereocenters. The molecule has 1 aliphatic rings. The highest BCUT2D eigenvalue weighted by atomic mass is 16.2. The summed E-state index contributed by atoms with van der Waals surface area (Å²) in [5, 5.41) is 8.62. The quantitative estimate of drug-likeness (QED) is 0.861. The van der Waals surface area contributed by atoms with Crippen molar-refractivity contribution in [3.8, 4) is 0 Å². The van der Waals surface area contributed by atoms with Crippen molar-refractivity contribution in [2.45, 2.75) is 45.2 Å². The van der Waals surface area contributed by atoms with Crippen LogP contribution >= 0.6 is 0 Å². The van der Waals surface area contributed by atoms with Crippen molar-refractivity contribution in [1.82, 2.24) is 15.1 Å². The average molecular weight is 299 g/mol. The fraction of sp³-hybridized carbons (Fsp3) is 0.471. The Labute approximate surface area is 129 Å². The summed E-state index contributed by atoms with van der Waals surface area (Å²) in [5.74, 6) is 0.417. The number of hydrogen-bond donors (Lipinski definition) is 1. The molecule has 22 heavy (non-hydrogen) atoms. The van der Waals surface area contributed by atoms with Crippen LogP contribution in [0.2, 0.25) is 0 Å². The van der Waals surface area contributed by atoms with E-state index in [9.17, 15) is 9.59 Å². The Balaban J connectivity index is 1.63. The molecule has 1 saturated carbocycles. The minimum atomic E-state index is -0.00925. The number of amides is 1. The van der Waals surface area contributed by atoms with E-state index in [0.717, 1.165) is 42.1 Å². The summed E-state index contributed by atoms with van der Waals surface area (Å²) in [6, 6.07) is 8.14. The summed E-state index contributed by atoms with van der Waals surface area (Å²) < 4.78 is 1.76. The molecule has 1 amide bonds. The van der Waals surface area contributed by atoms with Crippen LogP contribution in [0.25, 0.3) is 10.9 Å². The summed E-state index contributed by atoms with van der Waals surface area (Å²) in [7, 11) is 0. The second-order valence-corrected chi connectivity index (χ2v) is 6.11. The van der Waals surface area contributed by atoms with Gasteiger partial charge in [0.2, 0.25) is 5.91 Å². The third-order valence-electron chi connectivity index (χ3n) is 4.47. The Morgan fingerprint density at radius 1 is 1.41 bits per heavy atom. The summed E-state index contributed by atoms with van der Waals surface area (Å²) >= 11 is 0. The molecule has 1 aliphatic carbocycles. The predicted octanol–water partition coefficient (Wildman–Crippen LogP) is 2.22. The van der Waals surface area contributed by atoms with Gasteiger partial charge in [0, 0.05) is 17.8 Å². The molecule has 0 bridgehead atoms. The number of carbonyl (C=O) groups excluding carboxylic acids is 2. The highest BCUT2D eigenvalue weighted by Gasteiger charge is 2.25. The monoisotopic (exact) mass is 299 g/mol. The zero-order valence-electron chi connectivity index (χ0n) is 12.8. The smallest absolute Gasteiger partial charge is 0.241 e. The zero-order chi connectivity index (χ0) is 15.5. The van der Waals surface area contributed by atoms with Crippen molar-refractivity contribution in [3.63, 3.8) is 0 Å². The molecule has 5 heteroatoms. The van der Waals surface area contributed by atoms with Crippen LogP contribution in [-0.2, 0) is 16.1 Å². The molecule has 0 aliphatic heterocycles. The fourth-order valence-corrected chi connectivity index (χ4v) is 3.38. The van der Waals surface area contributed by atoms with Crippen LogP contribution < -0.4 is 5.32 Å². The number of carbonyl (C=O) groups is 2. The molecular formula is C17H21N3O2. The normalized spacial score (nSPS) is 21.1. The number of aldehydes is 1. The second kappa shape index (κ2) is 6.30. The number of rotatable bonds is 5. The predicted molar refractivity (Wildman–Crippen MR) is 84.4 cm³/mol. The third kappa shape index (κ3) is 3.03. The highest BCUT2D eigenvalue weighted by molar-refractivity contribution is 5.84. The first-order valence-electron chi connectivity index (χ1n) is 7.82. The van der Waals surface area contributed by atoms with Crippen molar-refractivity contribution in [3.05, 3.63) is 30.0 Å². The van der Waals surface area contributed by atoms with Gasteiger partial charge in [0.15, 0.2) is 0 Å². The zero-order valence-corrected chi connectivity index (χ0v) is 12.8. The molecule has 116 valence electrons. The number of hydrogen-bond acceptors (Lipinski definition) is 3. The molecule has 2 aromatic rings. The van der Waals surface area contributed by atoms with Crippen LogP contribution in [0.1, 0.15) is 31.4 Å². The molecule has 5 nitrogen and oxygen atoms in total. The Hall–Kier alpha value is -2.17. The SMILES string of the molecule is Cc1nn(CC(=O)NC2CCC(CC=O)C2)c2ccccc12. The fourth-order valence-electron chi connectivity index (χ4n) is 3.38. The number of benzene rings is 1. The number of fused-ring (bicyclic) bond motifs is 1. The number of para-hydroxylation sites is 1. The number of nitrogens with zero attached hydrogens (tertiary/aromatic N) is 2. The third-order valence-corrected chi connectivity index (χ3v) is 4.47. The van der Waals surface area contributed by atoms with Crippen LogP contribution in [-0.4, -0.2) is 28.0 Å². The molecule has 1 fully saturated rings. The molecule has 1 heterocycles. The van der Waals surface area contributed by atoms with Crippen molar-refractivity contribution in [2.75, 3.05) is 0 Å². The molecule has 0 saturated heterocycles. The second-order valence-electron chi connectivity index (χ2n) is 6.11. The van der Waals surface area contributed by atoms with Crippen molar-refractivity contribution in [1.29, 1.82) is 0 Å². The van der Waals surface area contributed by atoms with Gasteiger partial charge in [-0.15, -0.1) is 0 Å². The van der Waals surface area contributed by atoms with E-state index in [-0.39, 0.29) is 18.5 Å². The lowest BCUT2D eigenvalue weighted by atomic mass is 10.1. The molecule has 0 radical (unpaired) electrons. The van der Waals surface area contributed by atoms with E-state index in [2.05, 4.69) is 10.4 Å². The molecule has 1 aromatic carbocycles. The summed E-state index contributed by atoms with van der Waals surface area (Å²) in [5.41, 5.74) is 1.93. The minimum absolute atomic E-state index is 0.00925. The lowest BCUT2D eigenvalue weighted by molar-refractivity contribution is -0.122. The number of nitrogens with one attached hydrogen (secondary N) is 1. The maximum atomic E-state index is 12.2. The summed E-state index contributed by atoms with van der Waals surface area (Å²) in [6.45, 7) is 2.20.